The summed E-state index contributed by atoms with van der Waals surface area (Å²) in [7, 11) is 0. The highest BCUT2D eigenvalue weighted by Crippen LogP contribution is 2.15. The molecule has 1 aromatic heterocycles. The molecule has 1 aromatic carbocycles. The van der Waals surface area contributed by atoms with Gasteiger partial charge in [-0.2, -0.15) is 5.10 Å². The van der Waals surface area contributed by atoms with E-state index >= 15 is 0 Å². The van der Waals surface area contributed by atoms with Crippen LogP contribution in [0.25, 0.3) is 0 Å². The van der Waals surface area contributed by atoms with Crippen LogP contribution >= 0.6 is 28.1 Å². The highest BCUT2D eigenvalue weighted by molar-refractivity contribution is 9.10. The molecule has 2 aromatic rings. The second-order valence-corrected chi connectivity index (χ2v) is 5.69. The first kappa shape index (κ1) is 15.0. The van der Waals surface area contributed by atoms with Gasteiger partial charge in [0, 0.05) is 12.2 Å². The van der Waals surface area contributed by atoms with E-state index in [0.29, 0.717) is 11.7 Å². The van der Waals surface area contributed by atoms with Crippen LogP contribution in [0.3, 0.4) is 0 Å². The van der Waals surface area contributed by atoms with Crippen molar-refractivity contribution < 1.29 is 0 Å². The Labute approximate surface area is 132 Å². The van der Waals surface area contributed by atoms with E-state index in [-0.39, 0.29) is 0 Å². The molecule has 0 aliphatic carbocycles. The fraction of sp³-hybridized carbons (Fsp3) is 0.286. The molecule has 106 valence electrons. The topological polar surface area (TPSA) is 41.9 Å². The van der Waals surface area contributed by atoms with Crippen LogP contribution in [0.4, 0.5) is 5.69 Å². The number of nitrogens with zero attached hydrogens (tertiary/aromatic N) is 2. The minimum absolute atomic E-state index is 0.603. The number of halogens is 1. The monoisotopic (exact) mass is 352 g/mol. The lowest BCUT2D eigenvalue weighted by atomic mass is 10.2. The van der Waals surface area contributed by atoms with Crippen LogP contribution in [0, 0.1) is 6.92 Å². The fourth-order valence-electron chi connectivity index (χ4n) is 1.90. The molecule has 6 heteroatoms. The molecular weight excluding hydrogens is 336 g/mol. The molecule has 0 fully saturated rings. The first-order valence-corrected chi connectivity index (χ1v) is 7.62. The maximum atomic E-state index is 5.31. The number of benzene rings is 1. The molecule has 0 aliphatic heterocycles. The van der Waals surface area contributed by atoms with Crippen molar-refractivity contribution in [3.05, 3.63) is 46.2 Å². The Bertz CT molecular complexity index is 609. The SMILES string of the molecule is CCn1ncc(Br)c1CNC(=S)Nc1cccc(C)c1. The fourth-order valence-corrected chi connectivity index (χ4v) is 2.52. The van der Waals surface area contributed by atoms with E-state index in [9.17, 15) is 0 Å². The van der Waals surface area contributed by atoms with Gasteiger partial charge in [0.1, 0.15) is 0 Å². The summed E-state index contributed by atoms with van der Waals surface area (Å²) in [6.45, 7) is 5.58. The van der Waals surface area contributed by atoms with Crippen LogP contribution in [0.5, 0.6) is 0 Å². The van der Waals surface area contributed by atoms with Crippen molar-refractivity contribution >= 4 is 38.9 Å². The van der Waals surface area contributed by atoms with Gasteiger partial charge in [0.25, 0.3) is 0 Å². The average Bonchev–Trinajstić information content (AvgIpc) is 2.77. The van der Waals surface area contributed by atoms with Crippen molar-refractivity contribution in [2.45, 2.75) is 26.9 Å². The first-order chi connectivity index (χ1) is 9.60. The Morgan fingerprint density at radius 3 is 2.95 bits per heavy atom. The minimum Gasteiger partial charge on any atom is -0.357 e. The van der Waals surface area contributed by atoms with E-state index in [1.54, 1.807) is 6.20 Å². The van der Waals surface area contributed by atoms with Gasteiger partial charge in [-0.05, 0) is 59.7 Å². The number of rotatable bonds is 4. The Kier molecular flexibility index (Phi) is 5.14. The lowest BCUT2D eigenvalue weighted by Gasteiger charge is -2.12. The zero-order valence-electron chi connectivity index (χ0n) is 11.5. The third kappa shape index (κ3) is 3.80. The first-order valence-electron chi connectivity index (χ1n) is 6.42. The van der Waals surface area contributed by atoms with E-state index in [2.05, 4.69) is 57.6 Å². The molecule has 0 aliphatic rings. The zero-order chi connectivity index (χ0) is 14.5. The van der Waals surface area contributed by atoms with Crippen LogP contribution < -0.4 is 10.6 Å². The van der Waals surface area contributed by atoms with E-state index in [0.717, 1.165) is 22.4 Å². The summed E-state index contributed by atoms with van der Waals surface area (Å²) in [4.78, 5) is 0. The number of hydrogen-bond acceptors (Lipinski definition) is 2. The molecule has 2 rings (SSSR count). The largest absolute Gasteiger partial charge is 0.357 e. The highest BCUT2D eigenvalue weighted by Gasteiger charge is 2.07. The number of anilines is 1. The number of nitrogens with one attached hydrogen (secondary N) is 2. The maximum Gasteiger partial charge on any atom is 0.171 e. The third-order valence-electron chi connectivity index (χ3n) is 2.89. The summed E-state index contributed by atoms with van der Waals surface area (Å²) in [6, 6.07) is 8.11. The van der Waals surface area contributed by atoms with Crippen LogP contribution in [0.1, 0.15) is 18.2 Å². The lowest BCUT2D eigenvalue weighted by molar-refractivity contribution is 0.613. The number of hydrogen-bond donors (Lipinski definition) is 2. The summed E-state index contributed by atoms with van der Waals surface area (Å²) < 4.78 is 2.93. The van der Waals surface area contributed by atoms with Crippen molar-refractivity contribution in [2.24, 2.45) is 0 Å². The Balaban J connectivity index is 1.94. The van der Waals surface area contributed by atoms with Crippen molar-refractivity contribution in [2.75, 3.05) is 5.32 Å². The van der Waals surface area contributed by atoms with Crippen molar-refractivity contribution in [1.29, 1.82) is 0 Å². The van der Waals surface area contributed by atoms with Gasteiger partial charge < -0.3 is 10.6 Å². The summed E-state index contributed by atoms with van der Waals surface area (Å²) in [5.74, 6) is 0. The zero-order valence-corrected chi connectivity index (χ0v) is 13.9. The van der Waals surface area contributed by atoms with Gasteiger partial charge in [-0.1, -0.05) is 12.1 Å². The van der Waals surface area contributed by atoms with Crippen molar-refractivity contribution in [3.8, 4) is 0 Å². The third-order valence-corrected chi connectivity index (χ3v) is 3.80. The van der Waals surface area contributed by atoms with Gasteiger partial charge in [-0.15, -0.1) is 0 Å². The Morgan fingerprint density at radius 1 is 1.45 bits per heavy atom. The van der Waals surface area contributed by atoms with Crippen molar-refractivity contribution in [1.82, 2.24) is 15.1 Å². The molecule has 0 saturated heterocycles. The Hall–Kier alpha value is -1.40. The predicted molar refractivity (Wildman–Crippen MR) is 89.8 cm³/mol. The smallest absolute Gasteiger partial charge is 0.171 e. The van der Waals surface area contributed by atoms with E-state index in [1.807, 2.05) is 16.8 Å². The second-order valence-electron chi connectivity index (χ2n) is 4.43. The molecular formula is C14H17BrN4S. The van der Waals surface area contributed by atoms with E-state index in [4.69, 9.17) is 12.2 Å². The van der Waals surface area contributed by atoms with Gasteiger partial charge in [-0.25, -0.2) is 0 Å². The average molecular weight is 353 g/mol. The lowest BCUT2D eigenvalue weighted by Crippen LogP contribution is -2.29. The summed E-state index contributed by atoms with van der Waals surface area (Å²) in [5, 5.41) is 11.3. The number of aryl methyl sites for hydroxylation is 2. The van der Waals surface area contributed by atoms with Crippen LogP contribution in [-0.4, -0.2) is 14.9 Å². The Morgan fingerprint density at radius 2 is 2.25 bits per heavy atom. The molecule has 0 saturated carbocycles. The molecule has 0 unspecified atom stereocenters. The van der Waals surface area contributed by atoms with Crippen LogP contribution in [0.15, 0.2) is 34.9 Å². The molecule has 1 heterocycles. The number of aromatic nitrogens is 2. The molecule has 0 atom stereocenters. The normalized spacial score (nSPS) is 10.3. The predicted octanol–water partition coefficient (Wildman–Crippen LogP) is 3.46. The minimum atomic E-state index is 0.603. The van der Waals surface area contributed by atoms with Crippen LogP contribution in [0.2, 0.25) is 0 Å². The standard InChI is InChI=1S/C14H17BrN4S/c1-3-19-13(12(15)8-17-19)9-16-14(20)18-11-6-4-5-10(2)7-11/h4-8H,3,9H2,1-2H3,(H2,16,18,20). The summed E-state index contributed by atoms with van der Waals surface area (Å²) in [6.07, 6.45) is 1.80. The van der Waals surface area contributed by atoms with Crippen molar-refractivity contribution in [3.63, 3.8) is 0 Å². The summed E-state index contributed by atoms with van der Waals surface area (Å²) >= 11 is 8.81. The molecule has 0 bridgehead atoms. The molecule has 0 spiro atoms. The van der Waals surface area contributed by atoms with Gasteiger partial charge >= 0.3 is 0 Å². The van der Waals surface area contributed by atoms with Gasteiger partial charge in [0.15, 0.2) is 5.11 Å². The molecule has 2 N–H and O–H groups in total. The molecule has 0 radical (unpaired) electrons. The van der Waals surface area contributed by atoms with Gasteiger partial charge in [0.05, 0.1) is 22.9 Å². The second kappa shape index (κ2) is 6.85. The molecule has 20 heavy (non-hydrogen) atoms. The van der Waals surface area contributed by atoms with E-state index < -0.39 is 0 Å². The maximum absolute atomic E-state index is 5.31. The van der Waals surface area contributed by atoms with E-state index in [1.165, 1.54) is 5.56 Å². The van der Waals surface area contributed by atoms with Gasteiger partial charge in [-0.3, -0.25) is 4.68 Å². The van der Waals surface area contributed by atoms with Gasteiger partial charge in [0.2, 0.25) is 0 Å². The van der Waals surface area contributed by atoms with Crippen LogP contribution in [-0.2, 0) is 13.1 Å². The highest BCUT2D eigenvalue weighted by atomic mass is 79.9. The number of thiocarbonyl (C=S) groups is 1. The quantitative estimate of drug-likeness (QED) is 0.826. The molecule has 4 nitrogen and oxygen atoms in total. The molecule has 0 amide bonds. The summed E-state index contributed by atoms with van der Waals surface area (Å²) in [5.41, 5.74) is 3.27.